The fourth-order valence-electron chi connectivity index (χ4n) is 2.14. The maximum atomic E-state index is 4.95. The van der Waals surface area contributed by atoms with E-state index in [1.807, 2.05) is 13.0 Å². The number of benzene rings is 1. The van der Waals surface area contributed by atoms with Gasteiger partial charge in [-0.1, -0.05) is 36.3 Å². The van der Waals surface area contributed by atoms with Gasteiger partial charge in [-0.05, 0) is 24.5 Å². The van der Waals surface area contributed by atoms with E-state index in [4.69, 9.17) is 4.52 Å². The van der Waals surface area contributed by atoms with Gasteiger partial charge in [0.2, 0.25) is 5.89 Å². The first-order chi connectivity index (χ1) is 10.7. The number of nitrogens with one attached hydrogen (secondary N) is 2. The van der Waals surface area contributed by atoms with Crippen LogP contribution >= 0.6 is 24.0 Å². The largest absolute Gasteiger partial charge is 0.357 e. The SMILES string of the molecule is CCNC(=NCc1ccccc1CC)NCc1noc(C)n1.I. The van der Waals surface area contributed by atoms with Crippen molar-refractivity contribution in [3.63, 3.8) is 0 Å². The van der Waals surface area contributed by atoms with Gasteiger partial charge in [-0.15, -0.1) is 24.0 Å². The third-order valence-electron chi connectivity index (χ3n) is 3.23. The van der Waals surface area contributed by atoms with E-state index in [1.54, 1.807) is 6.92 Å². The molecule has 0 atom stereocenters. The number of guanidine groups is 1. The van der Waals surface area contributed by atoms with Gasteiger partial charge in [0.05, 0.1) is 13.1 Å². The summed E-state index contributed by atoms with van der Waals surface area (Å²) in [4.78, 5) is 8.79. The third-order valence-corrected chi connectivity index (χ3v) is 3.23. The lowest BCUT2D eigenvalue weighted by molar-refractivity contribution is 0.387. The van der Waals surface area contributed by atoms with Crippen LogP contribution in [-0.2, 0) is 19.5 Å². The molecule has 0 aliphatic heterocycles. The lowest BCUT2D eigenvalue weighted by Gasteiger charge is -2.10. The van der Waals surface area contributed by atoms with Crippen molar-refractivity contribution in [2.24, 2.45) is 4.99 Å². The maximum Gasteiger partial charge on any atom is 0.223 e. The van der Waals surface area contributed by atoms with Crippen LogP contribution in [-0.4, -0.2) is 22.6 Å². The summed E-state index contributed by atoms with van der Waals surface area (Å²) in [6, 6.07) is 8.38. The Morgan fingerprint density at radius 1 is 1.17 bits per heavy atom. The first kappa shape index (κ1) is 19.4. The number of aryl methyl sites for hydroxylation is 2. The van der Waals surface area contributed by atoms with Gasteiger partial charge in [0.15, 0.2) is 11.8 Å². The summed E-state index contributed by atoms with van der Waals surface area (Å²) in [5.41, 5.74) is 2.58. The van der Waals surface area contributed by atoms with Gasteiger partial charge in [-0.2, -0.15) is 4.98 Å². The molecule has 126 valence electrons. The number of aromatic nitrogens is 2. The minimum atomic E-state index is 0. The third kappa shape index (κ3) is 6.17. The van der Waals surface area contributed by atoms with Crippen molar-refractivity contribution < 1.29 is 4.52 Å². The molecule has 2 aromatic rings. The highest BCUT2D eigenvalue weighted by Gasteiger charge is 2.04. The molecule has 1 aromatic heterocycles. The normalized spacial score (nSPS) is 11.0. The number of hydrogen-bond donors (Lipinski definition) is 2. The molecule has 23 heavy (non-hydrogen) atoms. The molecular formula is C16H24IN5O. The van der Waals surface area contributed by atoms with Crippen molar-refractivity contribution >= 4 is 29.9 Å². The van der Waals surface area contributed by atoms with Crippen LogP contribution in [0, 0.1) is 6.92 Å². The first-order valence-electron chi connectivity index (χ1n) is 7.61. The Balaban J connectivity index is 0.00000264. The predicted molar refractivity (Wildman–Crippen MR) is 102 cm³/mol. The zero-order valence-corrected chi connectivity index (χ0v) is 16.1. The quantitative estimate of drug-likeness (QED) is 0.420. The highest BCUT2D eigenvalue weighted by molar-refractivity contribution is 14.0. The van der Waals surface area contributed by atoms with Gasteiger partial charge >= 0.3 is 0 Å². The topological polar surface area (TPSA) is 75.3 Å². The smallest absolute Gasteiger partial charge is 0.223 e. The minimum absolute atomic E-state index is 0. The number of nitrogens with zero attached hydrogens (tertiary/aromatic N) is 3. The fourth-order valence-corrected chi connectivity index (χ4v) is 2.14. The molecule has 1 aromatic carbocycles. The molecule has 0 fully saturated rings. The van der Waals surface area contributed by atoms with Gasteiger partial charge < -0.3 is 15.2 Å². The molecule has 7 heteroatoms. The van der Waals surface area contributed by atoms with E-state index in [-0.39, 0.29) is 24.0 Å². The van der Waals surface area contributed by atoms with Gasteiger partial charge in [-0.3, -0.25) is 0 Å². The lowest BCUT2D eigenvalue weighted by atomic mass is 10.1. The van der Waals surface area contributed by atoms with Crippen LogP contribution in [0.15, 0.2) is 33.8 Å². The van der Waals surface area contributed by atoms with E-state index in [0.717, 1.165) is 18.9 Å². The number of rotatable bonds is 6. The van der Waals surface area contributed by atoms with Crippen LogP contribution < -0.4 is 10.6 Å². The second-order valence-corrected chi connectivity index (χ2v) is 4.90. The van der Waals surface area contributed by atoms with Crippen molar-refractivity contribution in [2.75, 3.05) is 6.54 Å². The Morgan fingerprint density at radius 2 is 1.91 bits per heavy atom. The van der Waals surface area contributed by atoms with Crippen molar-refractivity contribution in [3.8, 4) is 0 Å². The Morgan fingerprint density at radius 3 is 2.52 bits per heavy atom. The molecular weight excluding hydrogens is 405 g/mol. The molecule has 0 amide bonds. The minimum Gasteiger partial charge on any atom is -0.357 e. The van der Waals surface area contributed by atoms with Gasteiger partial charge in [0, 0.05) is 13.5 Å². The Kier molecular flexibility index (Phi) is 8.60. The molecule has 2 N–H and O–H groups in total. The molecule has 0 saturated heterocycles. The van der Waals surface area contributed by atoms with Crippen LogP contribution in [0.2, 0.25) is 0 Å². The van der Waals surface area contributed by atoms with E-state index < -0.39 is 0 Å². The lowest BCUT2D eigenvalue weighted by Crippen LogP contribution is -2.37. The number of halogens is 1. The Bertz CT molecular complexity index is 626. The molecule has 0 aliphatic carbocycles. The first-order valence-corrected chi connectivity index (χ1v) is 7.61. The summed E-state index contributed by atoms with van der Waals surface area (Å²) in [6.07, 6.45) is 1.01. The van der Waals surface area contributed by atoms with Gasteiger partial charge in [0.25, 0.3) is 0 Å². The molecule has 1 heterocycles. The van der Waals surface area contributed by atoms with E-state index in [0.29, 0.717) is 24.8 Å². The fraction of sp³-hybridized carbons (Fsp3) is 0.438. The maximum absolute atomic E-state index is 4.95. The van der Waals surface area contributed by atoms with E-state index in [1.165, 1.54) is 11.1 Å². The molecule has 0 saturated carbocycles. The van der Waals surface area contributed by atoms with Crippen molar-refractivity contribution in [1.82, 2.24) is 20.8 Å². The summed E-state index contributed by atoms with van der Waals surface area (Å²) >= 11 is 0. The van der Waals surface area contributed by atoms with Crippen molar-refractivity contribution in [2.45, 2.75) is 40.3 Å². The summed E-state index contributed by atoms with van der Waals surface area (Å²) in [5.74, 6) is 1.93. The van der Waals surface area contributed by atoms with E-state index >= 15 is 0 Å². The van der Waals surface area contributed by atoms with E-state index in [9.17, 15) is 0 Å². The average Bonchev–Trinajstić information content (AvgIpc) is 2.96. The second-order valence-electron chi connectivity index (χ2n) is 4.90. The second kappa shape index (κ2) is 10.2. The Hall–Kier alpha value is -1.64. The van der Waals surface area contributed by atoms with Gasteiger partial charge in [-0.25, -0.2) is 4.99 Å². The average molecular weight is 429 g/mol. The Labute approximate surface area is 154 Å². The van der Waals surface area contributed by atoms with Crippen LogP contribution in [0.4, 0.5) is 0 Å². The zero-order valence-electron chi connectivity index (χ0n) is 13.8. The van der Waals surface area contributed by atoms with Crippen LogP contribution in [0.1, 0.15) is 36.7 Å². The highest BCUT2D eigenvalue weighted by atomic mass is 127. The standard InChI is InChI=1S/C16H23N5O.HI/c1-4-13-8-6-7-9-14(13)10-18-16(17-5-2)19-11-15-20-12(3)22-21-15;/h6-9H,4-5,10-11H2,1-3H3,(H2,17,18,19);1H. The molecule has 6 nitrogen and oxygen atoms in total. The zero-order chi connectivity index (χ0) is 15.8. The van der Waals surface area contributed by atoms with Crippen LogP contribution in [0.25, 0.3) is 0 Å². The molecule has 2 rings (SSSR count). The highest BCUT2D eigenvalue weighted by Crippen LogP contribution is 2.10. The van der Waals surface area contributed by atoms with Crippen molar-refractivity contribution in [1.29, 1.82) is 0 Å². The predicted octanol–water partition coefficient (Wildman–Crippen LogP) is 2.81. The van der Waals surface area contributed by atoms with E-state index in [2.05, 4.69) is 50.9 Å². The molecule has 0 aliphatic rings. The molecule has 0 unspecified atom stereocenters. The van der Waals surface area contributed by atoms with Crippen LogP contribution in [0.3, 0.4) is 0 Å². The molecule has 0 bridgehead atoms. The number of aliphatic imine (C=N–C) groups is 1. The summed E-state index contributed by atoms with van der Waals surface area (Å²) in [5, 5.41) is 10.3. The summed E-state index contributed by atoms with van der Waals surface area (Å²) in [6.45, 7) is 7.90. The number of hydrogen-bond acceptors (Lipinski definition) is 4. The summed E-state index contributed by atoms with van der Waals surface area (Å²) < 4.78 is 4.95. The van der Waals surface area contributed by atoms with Crippen LogP contribution in [0.5, 0.6) is 0 Å². The molecule has 0 spiro atoms. The van der Waals surface area contributed by atoms with Crippen molar-refractivity contribution in [3.05, 3.63) is 47.1 Å². The monoisotopic (exact) mass is 429 g/mol. The molecule has 0 radical (unpaired) electrons. The summed E-state index contributed by atoms with van der Waals surface area (Å²) in [7, 11) is 0. The van der Waals surface area contributed by atoms with Gasteiger partial charge in [0.1, 0.15) is 0 Å².